The Balaban J connectivity index is 2.97. The summed E-state index contributed by atoms with van der Waals surface area (Å²) in [6, 6.07) is 1.90. The lowest BCUT2D eigenvalue weighted by atomic mass is 10.00. The Kier molecular flexibility index (Phi) is 9.80. The van der Waals surface area contributed by atoms with Crippen molar-refractivity contribution >= 4 is 33.4 Å². The Morgan fingerprint density at radius 3 is 2.33 bits per heavy atom. The summed E-state index contributed by atoms with van der Waals surface area (Å²) in [6.45, 7) is 5.88. The first kappa shape index (κ1) is 23.4. The summed E-state index contributed by atoms with van der Waals surface area (Å²) in [7, 11) is -4.10. The van der Waals surface area contributed by atoms with E-state index in [-0.39, 0.29) is 26.8 Å². The molecule has 0 aliphatic rings. The van der Waals surface area contributed by atoms with Crippen molar-refractivity contribution in [2.75, 3.05) is 6.54 Å². The van der Waals surface area contributed by atoms with E-state index in [1.54, 1.807) is 0 Å². The molecule has 0 saturated heterocycles. The molecule has 0 aliphatic carbocycles. The average molecular weight is 417 g/mol. The minimum absolute atomic E-state index is 0.118. The molecule has 0 saturated carbocycles. The van der Waals surface area contributed by atoms with Crippen LogP contribution in [-0.2, 0) is 10.0 Å². The van der Waals surface area contributed by atoms with Crippen LogP contribution >= 0.6 is 11.6 Å². The average Bonchev–Trinajstić information content (AvgIpc) is 2.59. The predicted molar refractivity (Wildman–Crippen MR) is 108 cm³/mol. The fourth-order valence-corrected chi connectivity index (χ4v) is 4.25. The number of halogens is 1. The lowest BCUT2D eigenvalue weighted by molar-refractivity contribution is 0.0978. The molecule has 6 nitrogen and oxygen atoms in total. The third-order valence-corrected chi connectivity index (χ3v) is 5.99. The molecule has 8 heteroatoms. The van der Waals surface area contributed by atoms with Crippen molar-refractivity contribution in [3.63, 3.8) is 0 Å². The number of sulfonamides is 1. The summed E-state index contributed by atoms with van der Waals surface area (Å²) < 4.78 is 27.0. The summed E-state index contributed by atoms with van der Waals surface area (Å²) in [5.74, 6) is -0.179. The van der Waals surface area contributed by atoms with Gasteiger partial charge in [0.15, 0.2) is 5.78 Å². The first-order chi connectivity index (χ1) is 12.7. The highest BCUT2D eigenvalue weighted by Gasteiger charge is 2.24. The largest absolute Gasteiger partial charge is 0.337 e. The molecular formula is C19H29ClN2O4S. The van der Waals surface area contributed by atoms with Crippen molar-refractivity contribution in [3.8, 4) is 0 Å². The second-order valence-electron chi connectivity index (χ2n) is 6.49. The van der Waals surface area contributed by atoms with Crippen LogP contribution in [0, 0.1) is 6.92 Å². The van der Waals surface area contributed by atoms with E-state index in [1.165, 1.54) is 19.1 Å². The van der Waals surface area contributed by atoms with Crippen LogP contribution in [0.2, 0.25) is 5.02 Å². The molecule has 0 radical (unpaired) electrons. The number of nitrogens with one attached hydrogen (secondary N) is 2. The van der Waals surface area contributed by atoms with Crippen LogP contribution in [0.3, 0.4) is 0 Å². The van der Waals surface area contributed by atoms with E-state index in [2.05, 4.69) is 12.2 Å². The number of hydrogen-bond donors (Lipinski definition) is 2. The number of ketones is 1. The van der Waals surface area contributed by atoms with Crippen molar-refractivity contribution in [1.82, 2.24) is 10.0 Å². The molecule has 0 heterocycles. The highest BCUT2D eigenvalue weighted by atomic mass is 35.5. The fourth-order valence-electron chi connectivity index (χ4n) is 2.76. The first-order valence-electron chi connectivity index (χ1n) is 9.37. The number of hydrogen-bond acceptors (Lipinski definition) is 4. The van der Waals surface area contributed by atoms with Gasteiger partial charge in [-0.15, -0.1) is 0 Å². The Morgan fingerprint density at radius 2 is 1.70 bits per heavy atom. The Labute approximate surface area is 167 Å². The minimum atomic E-state index is -4.10. The maximum absolute atomic E-state index is 12.6. The Morgan fingerprint density at radius 1 is 1.04 bits per heavy atom. The van der Waals surface area contributed by atoms with Crippen LogP contribution in [0.4, 0.5) is 4.79 Å². The number of rotatable bonds is 11. The number of Topliss-reactive ketones (excluding diaryl/α,β-unsaturated/α-hetero) is 1. The van der Waals surface area contributed by atoms with Gasteiger partial charge in [0, 0.05) is 18.5 Å². The van der Waals surface area contributed by atoms with Crippen LogP contribution in [-0.4, -0.2) is 26.8 Å². The SMILES string of the molecule is CCCCCCCC(=O)c1c(Cl)ccc(S(=O)(=O)NC(=O)NCCC)c1C. The molecule has 0 fully saturated rings. The molecule has 2 amide bonds. The van der Waals surface area contributed by atoms with Crippen molar-refractivity contribution in [2.24, 2.45) is 0 Å². The number of carbonyl (C=O) groups excluding carboxylic acids is 2. The molecular weight excluding hydrogens is 388 g/mol. The van der Waals surface area contributed by atoms with Gasteiger partial charge in [-0.05, 0) is 37.5 Å². The molecule has 152 valence electrons. The highest BCUT2D eigenvalue weighted by molar-refractivity contribution is 7.90. The number of benzene rings is 1. The van der Waals surface area contributed by atoms with Gasteiger partial charge >= 0.3 is 6.03 Å². The molecule has 0 bridgehead atoms. The number of amides is 2. The smallest absolute Gasteiger partial charge is 0.328 e. The lowest BCUT2D eigenvalue weighted by Gasteiger charge is -2.14. The van der Waals surface area contributed by atoms with Gasteiger partial charge < -0.3 is 5.32 Å². The molecule has 0 spiro atoms. The predicted octanol–water partition coefficient (Wildman–Crippen LogP) is 4.59. The molecule has 1 rings (SSSR count). The van der Waals surface area contributed by atoms with E-state index in [0.29, 0.717) is 19.4 Å². The van der Waals surface area contributed by atoms with Gasteiger partial charge in [-0.1, -0.05) is 51.1 Å². The van der Waals surface area contributed by atoms with E-state index < -0.39 is 16.1 Å². The zero-order chi connectivity index (χ0) is 20.4. The highest BCUT2D eigenvalue weighted by Crippen LogP contribution is 2.28. The van der Waals surface area contributed by atoms with Crippen molar-refractivity contribution < 1.29 is 18.0 Å². The summed E-state index contributed by atoms with van der Waals surface area (Å²) in [5.41, 5.74) is 0.473. The first-order valence-corrected chi connectivity index (χ1v) is 11.2. The van der Waals surface area contributed by atoms with E-state index in [0.717, 1.165) is 32.1 Å². The van der Waals surface area contributed by atoms with Crippen LogP contribution in [0.15, 0.2) is 17.0 Å². The summed E-state index contributed by atoms with van der Waals surface area (Å²) >= 11 is 6.17. The van der Waals surface area contributed by atoms with E-state index >= 15 is 0 Å². The molecule has 0 unspecified atom stereocenters. The van der Waals surface area contributed by atoms with Crippen molar-refractivity contribution in [3.05, 3.63) is 28.3 Å². The van der Waals surface area contributed by atoms with Crippen molar-refractivity contribution in [2.45, 2.75) is 70.6 Å². The number of urea groups is 1. The van der Waals surface area contributed by atoms with Gasteiger partial charge in [0.1, 0.15) is 0 Å². The molecule has 0 atom stereocenters. The fraction of sp³-hybridized carbons (Fsp3) is 0.579. The van der Waals surface area contributed by atoms with E-state index in [1.807, 2.05) is 11.6 Å². The van der Waals surface area contributed by atoms with Gasteiger partial charge in [0.2, 0.25) is 0 Å². The Bertz CT molecular complexity index is 763. The quantitative estimate of drug-likeness (QED) is 0.407. The lowest BCUT2D eigenvalue weighted by Crippen LogP contribution is -2.40. The topological polar surface area (TPSA) is 92.3 Å². The second kappa shape index (κ2) is 11.3. The van der Waals surface area contributed by atoms with Crippen LogP contribution in [0.5, 0.6) is 0 Å². The van der Waals surface area contributed by atoms with Gasteiger partial charge in [-0.2, -0.15) is 0 Å². The molecule has 1 aromatic carbocycles. The minimum Gasteiger partial charge on any atom is -0.337 e. The zero-order valence-electron chi connectivity index (χ0n) is 16.2. The van der Waals surface area contributed by atoms with Crippen molar-refractivity contribution in [1.29, 1.82) is 0 Å². The summed E-state index contributed by atoms with van der Waals surface area (Å²) in [5, 5.41) is 2.67. The van der Waals surface area contributed by atoms with Gasteiger partial charge in [0.25, 0.3) is 10.0 Å². The molecule has 27 heavy (non-hydrogen) atoms. The Hall–Kier alpha value is -1.60. The third kappa shape index (κ3) is 7.14. The zero-order valence-corrected chi connectivity index (χ0v) is 17.8. The third-order valence-electron chi connectivity index (χ3n) is 4.20. The maximum atomic E-state index is 12.6. The number of unbranched alkanes of at least 4 members (excludes halogenated alkanes) is 4. The van der Waals surface area contributed by atoms with Gasteiger partial charge in [-0.3, -0.25) is 4.79 Å². The molecule has 2 N–H and O–H groups in total. The maximum Gasteiger partial charge on any atom is 0.328 e. The van der Waals surface area contributed by atoms with Crippen LogP contribution < -0.4 is 10.0 Å². The van der Waals surface area contributed by atoms with Gasteiger partial charge in [-0.25, -0.2) is 17.9 Å². The van der Waals surface area contributed by atoms with Gasteiger partial charge in [0.05, 0.1) is 9.92 Å². The molecule has 1 aromatic rings. The number of carbonyl (C=O) groups is 2. The van der Waals surface area contributed by atoms with E-state index in [9.17, 15) is 18.0 Å². The summed E-state index contributed by atoms with van der Waals surface area (Å²) in [4.78, 5) is 24.2. The summed E-state index contributed by atoms with van der Waals surface area (Å²) in [6.07, 6.45) is 6.02. The molecule has 0 aromatic heterocycles. The monoisotopic (exact) mass is 416 g/mol. The van der Waals surface area contributed by atoms with Crippen LogP contribution in [0.1, 0.15) is 74.7 Å². The van der Waals surface area contributed by atoms with E-state index in [4.69, 9.17) is 11.6 Å². The molecule has 0 aliphatic heterocycles. The standard InChI is InChI=1S/C19H29ClN2O4S/c1-4-6-7-8-9-10-16(23)18-14(3)17(12-11-15(18)20)27(25,26)22-19(24)21-13-5-2/h11-12H,4-10,13H2,1-3H3,(H2,21,22,24). The van der Waals surface area contributed by atoms with Crippen LogP contribution in [0.25, 0.3) is 0 Å². The second-order valence-corrected chi connectivity index (χ2v) is 8.55. The normalized spacial score (nSPS) is 11.3.